The van der Waals surface area contributed by atoms with Crippen LogP contribution in [0.1, 0.15) is 26.3 Å². The van der Waals surface area contributed by atoms with Crippen molar-refractivity contribution in [2.24, 2.45) is 5.10 Å². The molecule has 3 rings (SSSR count). The lowest BCUT2D eigenvalue weighted by Gasteiger charge is -2.05. The second kappa shape index (κ2) is 11.1. The first-order valence-corrected chi connectivity index (χ1v) is 10.1. The minimum absolute atomic E-state index is 0.238. The van der Waals surface area contributed by atoms with Crippen LogP contribution in [0, 0.1) is 0 Å². The molecule has 3 aromatic carbocycles. The predicted octanol–water partition coefficient (Wildman–Crippen LogP) is 4.09. The van der Waals surface area contributed by atoms with Gasteiger partial charge in [0.1, 0.15) is 5.75 Å². The molecule has 0 saturated carbocycles. The Morgan fingerprint density at radius 3 is 1.97 bits per heavy atom. The molecule has 2 amide bonds. The molecule has 2 N–H and O–H groups in total. The van der Waals surface area contributed by atoms with Crippen LogP contribution in [0.15, 0.2) is 77.9 Å². The van der Waals surface area contributed by atoms with E-state index in [1.807, 2.05) is 0 Å². The maximum atomic E-state index is 12.1. The van der Waals surface area contributed by atoms with Crippen LogP contribution in [0.5, 0.6) is 5.75 Å². The van der Waals surface area contributed by atoms with E-state index in [0.717, 1.165) is 0 Å². The standard InChI is InChI=1S/C23H17Cl2N3O4/c24-18-7-3-16(4-8-18)22(30)26-14-21(29)28-27-13-15-1-11-20(12-2-15)32-23(31)17-5-9-19(25)10-6-17/h1-13H,14H2,(H,26,30)(H,28,29)/b27-13-. The van der Waals surface area contributed by atoms with Gasteiger partial charge in [0.05, 0.1) is 18.3 Å². The number of ether oxygens (including phenoxy) is 1. The van der Waals surface area contributed by atoms with Crippen LogP contribution >= 0.6 is 23.2 Å². The van der Waals surface area contributed by atoms with E-state index in [4.69, 9.17) is 27.9 Å². The lowest BCUT2D eigenvalue weighted by Crippen LogP contribution is -2.34. The number of hydrazone groups is 1. The zero-order chi connectivity index (χ0) is 22.9. The van der Waals surface area contributed by atoms with Crippen molar-refractivity contribution < 1.29 is 19.1 Å². The molecule has 3 aromatic rings. The van der Waals surface area contributed by atoms with Gasteiger partial charge in [-0.15, -0.1) is 0 Å². The van der Waals surface area contributed by atoms with Crippen molar-refractivity contribution in [2.45, 2.75) is 0 Å². The molecule has 162 valence electrons. The minimum Gasteiger partial charge on any atom is -0.423 e. The molecular formula is C23H17Cl2N3O4. The van der Waals surface area contributed by atoms with Crippen molar-refractivity contribution in [3.05, 3.63) is 99.5 Å². The second-order valence-electron chi connectivity index (χ2n) is 6.45. The van der Waals surface area contributed by atoms with Crippen molar-refractivity contribution >= 4 is 47.2 Å². The van der Waals surface area contributed by atoms with Gasteiger partial charge in [0, 0.05) is 15.6 Å². The monoisotopic (exact) mass is 469 g/mol. The van der Waals surface area contributed by atoms with E-state index in [9.17, 15) is 14.4 Å². The van der Waals surface area contributed by atoms with Gasteiger partial charge in [-0.2, -0.15) is 5.10 Å². The number of hydrogen-bond acceptors (Lipinski definition) is 5. The Labute approximate surface area is 194 Å². The molecule has 0 aliphatic heterocycles. The van der Waals surface area contributed by atoms with Gasteiger partial charge in [-0.25, -0.2) is 10.2 Å². The SMILES string of the molecule is O=C(CNC(=O)c1ccc(Cl)cc1)N/N=C\c1ccc(OC(=O)c2ccc(Cl)cc2)cc1. The first-order valence-electron chi connectivity index (χ1n) is 9.34. The number of esters is 1. The van der Waals surface area contributed by atoms with Gasteiger partial charge >= 0.3 is 5.97 Å². The molecule has 0 saturated heterocycles. The van der Waals surface area contributed by atoms with Crippen molar-refractivity contribution in [3.8, 4) is 5.75 Å². The van der Waals surface area contributed by atoms with Gasteiger partial charge in [-0.1, -0.05) is 23.2 Å². The summed E-state index contributed by atoms with van der Waals surface area (Å²) in [6.45, 7) is -0.238. The van der Waals surface area contributed by atoms with Crippen LogP contribution < -0.4 is 15.5 Å². The molecule has 0 heterocycles. The molecule has 0 aromatic heterocycles. The summed E-state index contributed by atoms with van der Waals surface area (Å²) in [5.74, 6) is -1.03. The maximum absolute atomic E-state index is 12.1. The Kier molecular flexibility index (Phi) is 7.96. The predicted molar refractivity (Wildman–Crippen MR) is 122 cm³/mol. The molecule has 0 fully saturated rings. The number of halogens is 2. The van der Waals surface area contributed by atoms with Crippen LogP contribution in [-0.2, 0) is 4.79 Å². The first kappa shape index (κ1) is 23.0. The van der Waals surface area contributed by atoms with Gasteiger partial charge in [-0.05, 0) is 78.4 Å². The van der Waals surface area contributed by atoms with E-state index in [0.29, 0.717) is 32.5 Å². The highest BCUT2D eigenvalue weighted by Gasteiger charge is 2.09. The largest absolute Gasteiger partial charge is 0.423 e. The number of benzene rings is 3. The normalized spacial score (nSPS) is 10.6. The van der Waals surface area contributed by atoms with Crippen molar-refractivity contribution in [2.75, 3.05) is 6.54 Å². The van der Waals surface area contributed by atoms with E-state index >= 15 is 0 Å². The Hall–Kier alpha value is -3.68. The first-order chi connectivity index (χ1) is 15.4. The molecule has 32 heavy (non-hydrogen) atoms. The number of nitrogens with one attached hydrogen (secondary N) is 2. The Bertz CT molecular complexity index is 1130. The molecule has 7 nitrogen and oxygen atoms in total. The van der Waals surface area contributed by atoms with Gasteiger partial charge < -0.3 is 10.1 Å². The molecule has 0 atom stereocenters. The molecule has 0 aliphatic carbocycles. The number of hydrogen-bond donors (Lipinski definition) is 2. The van der Waals surface area contributed by atoms with Gasteiger partial charge in [0.25, 0.3) is 11.8 Å². The van der Waals surface area contributed by atoms with E-state index < -0.39 is 17.8 Å². The lowest BCUT2D eigenvalue weighted by molar-refractivity contribution is -0.120. The third-order valence-electron chi connectivity index (χ3n) is 4.09. The van der Waals surface area contributed by atoms with E-state index in [-0.39, 0.29) is 6.54 Å². The summed E-state index contributed by atoms with van der Waals surface area (Å²) in [7, 11) is 0. The average Bonchev–Trinajstić information content (AvgIpc) is 2.79. The fourth-order valence-electron chi connectivity index (χ4n) is 2.46. The summed E-state index contributed by atoms with van der Waals surface area (Å²) in [5.41, 5.74) is 3.76. The molecular weight excluding hydrogens is 453 g/mol. The van der Waals surface area contributed by atoms with Crippen LogP contribution in [0.2, 0.25) is 10.0 Å². The van der Waals surface area contributed by atoms with E-state index in [2.05, 4.69) is 15.8 Å². The number of carbonyl (C=O) groups excluding carboxylic acids is 3. The number of nitrogens with zero attached hydrogens (tertiary/aromatic N) is 1. The van der Waals surface area contributed by atoms with Gasteiger partial charge in [-0.3, -0.25) is 9.59 Å². The molecule has 0 aliphatic rings. The average molecular weight is 470 g/mol. The highest BCUT2D eigenvalue weighted by molar-refractivity contribution is 6.31. The van der Waals surface area contributed by atoms with Crippen LogP contribution in [0.25, 0.3) is 0 Å². The van der Waals surface area contributed by atoms with Crippen molar-refractivity contribution in [1.29, 1.82) is 0 Å². The second-order valence-corrected chi connectivity index (χ2v) is 7.32. The highest BCUT2D eigenvalue weighted by Crippen LogP contribution is 2.15. The van der Waals surface area contributed by atoms with E-state index in [1.54, 1.807) is 72.8 Å². The molecule has 0 unspecified atom stereocenters. The smallest absolute Gasteiger partial charge is 0.343 e. The molecule has 0 spiro atoms. The summed E-state index contributed by atoms with van der Waals surface area (Å²) >= 11 is 11.6. The molecule has 9 heteroatoms. The molecule has 0 radical (unpaired) electrons. The topological polar surface area (TPSA) is 96.9 Å². The summed E-state index contributed by atoms with van der Waals surface area (Å²) in [5, 5.41) is 7.37. The Morgan fingerprint density at radius 2 is 1.38 bits per heavy atom. The number of carbonyl (C=O) groups is 3. The highest BCUT2D eigenvalue weighted by atomic mass is 35.5. The number of rotatable bonds is 7. The van der Waals surface area contributed by atoms with Crippen LogP contribution in [-0.4, -0.2) is 30.5 Å². The maximum Gasteiger partial charge on any atom is 0.343 e. The minimum atomic E-state index is -0.504. The zero-order valence-electron chi connectivity index (χ0n) is 16.5. The quantitative estimate of drug-likeness (QED) is 0.235. The third-order valence-corrected chi connectivity index (χ3v) is 4.59. The summed E-state index contributed by atoms with van der Waals surface area (Å²) < 4.78 is 5.29. The molecule has 0 bridgehead atoms. The lowest BCUT2D eigenvalue weighted by atomic mass is 10.2. The Morgan fingerprint density at radius 1 is 0.812 bits per heavy atom. The number of amides is 2. The van der Waals surface area contributed by atoms with Gasteiger partial charge in [0.2, 0.25) is 0 Å². The van der Waals surface area contributed by atoms with Gasteiger partial charge in [0.15, 0.2) is 0 Å². The Balaban J connectivity index is 1.44. The third kappa shape index (κ3) is 6.94. The van der Waals surface area contributed by atoms with Crippen molar-refractivity contribution in [3.63, 3.8) is 0 Å². The zero-order valence-corrected chi connectivity index (χ0v) is 18.1. The summed E-state index contributed by atoms with van der Waals surface area (Å²) in [6.07, 6.45) is 1.42. The fourth-order valence-corrected chi connectivity index (χ4v) is 2.71. The summed E-state index contributed by atoms with van der Waals surface area (Å²) in [6, 6.07) is 19.2. The fraction of sp³-hybridized carbons (Fsp3) is 0.0435. The summed E-state index contributed by atoms with van der Waals surface area (Å²) in [4.78, 5) is 35.9. The van der Waals surface area contributed by atoms with Crippen LogP contribution in [0.4, 0.5) is 0 Å². The van der Waals surface area contributed by atoms with E-state index in [1.165, 1.54) is 6.21 Å². The van der Waals surface area contributed by atoms with Crippen molar-refractivity contribution in [1.82, 2.24) is 10.7 Å². The van der Waals surface area contributed by atoms with Crippen LogP contribution in [0.3, 0.4) is 0 Å².